The molecule has 0 saturated carbocycles. The van der Waals surface area contributed by atoms with Gasteiger partial charge in [-0.15, -0.1) is 0 Å². The van der Waals surface area contributed by atoms with Crippen LogP contribution in [0.15, 0.2) is 48.5 Å². The Kier molecular flexibility index (Phi) is 3.43. The molecule has 124 valence electrons. The molecule has 25 heavy (non-hydrogen) atoms. The monoisotopic (exact) mass is 366 g/mol. The zero-order chi connectivity index (χ0) is 16.8. The summed E-state index contributed by atoms with van der Waals surface area (Å²) in [6.45, 7) is 1.41. The first kappa shape index (κ1) is 14.8. The number of carbonyl (C=O) groups is 1. The second-order valence-corrected chi connectivity index (χ2v) is 8.08. The number of hydrogen-bond donors (Lipinski definition) is 1. The van der Waals surface area contributed by atoms with Crippen LogP contribution in [0.25, 0.3) is 20.4 Å². The molecule has 0 radical (unpaired) electrons. The molecule has 4 aromatic rings. The van der Waals surface area contributed by atoms with Gasteiger partial charge in [-0.25, -0.2) is 9.97 Å². The minimum atomic E-state index is -0.0148. The highest BCUT2D eigenvalue weighted by Gasteiger charge is 2.34. The molecular formula is C18H14N4OS2. The number of thiazole rings is 2. The number of rotatable bonds is 3. The third-order valence-corrected chi connectivity index (χ3v) is 6.38. The number of benzene rings is 2. The fraction of sp³-hybridized carbons (Fsp3) is 0.167. The summed E-state index contributed by atoms with van der Waals surface area (Å²) in [6, 6.07) is 16.0. The summed E-state index contributed by atoms with van der Waals surface area (Å²) in [6.07, 6.45) is 0. The van der Waals surface area contributed by atoms with Crippen molar-refractivity contribution < 1.29 is 4.79 Å². The van der Waals surface area contributed by atoms with Gasteiger partial charge < -0.3 is 10.2 Å². The van der Waals surface area contributed by atoms with Gasteiger partial charge in [0.15, 0.2) is 10.3 Å². The molecule has 2 aromatic carbocycles. The zero-order valence-electron chi connectivity index (χ0n) is 13.2. The average Bonchev–Trinajstić information content (AvgIpc) is 3.15. The quantitative estimate of drug-likeness (QED) is 0.596. The van der Waals surface area contributed by atoms with Crippen LogP contribution in [0.3, 0.4) is 0 Å². The molecular weight excluding hydrogens is 352 g/mol. The lowest BCUT2D eigenvalue weighted by atomic mass is 10.0. The summed E-state index contributed by atoms with van der Waals surface area (Å²) >= 11 is 3.19. The first-order chi connectivity index (χ1) is 12.3. The van der Waals surface area contributed by atoms with E-state index in [2.05, 4.69) is 26.3 Å². The van der Waals surface area contributed by atoms with E-state index >= 15 is 0 Å². The highest BCUT2D eigenvalue weighted by Crippen LogP contribution is 2.33. The molecule has 2 aromatic heterocycles. The van der Waals surface area contributed by atoms with Gasteiger partial charge in [0.25, 0.3) is 0 Å². The maximum absolute atomic E-state index is 12.4. The lowest BCUT2D eigenvalue weighted by molar-refractivity contribution is -0.120. The van der Waals surface area contributed by atoms with E-state index in [1.54, 1.807) is 11.3 Å². The van der Waals surface area contributed by atoms with Gasteiger partial charge in [-0.2, -0.15) is 0 Å². The number of nitrogens with zero attached hydrogens (tertiary/aromatic N) is 3. The van der Waals surface area contributed by atoms with Crippen molar-refractivity contribution in [2.75, 3.05) is 23.3 Å². The predicted molar refractivity (Wildman–Crippen MR) is 104 cm³/mol. The number of para-hydroxylation sites is 2. The van der Waals surface area contributed by atoms with Gasteiger partial charge in [-0.1, -0.05) is 46.9 Å². The molecule has 5 nitrogen and oxygen atoms in total. The van der Waals surface area contributed by atoms with E-state index in [-0.39, 0.29) is 11.8 Å². The van der Waals surface area contributed by atoms with Crippen LogP contribution in [-0.2, 0) is 4.79 Å². The molecule has 0 spiro atoms. The van der Waals surface area contributed by atoms with E-state index in [0.29, 0.717) is 18.2 Å². The van der Waals surface area contributed by atoms with E-state index in [4.69, 9.17) is 0 Å². The zero-order valence-corrected chi connectivity index (χ0v) is 14.8. The van der Waals surface area contributed by atoms with Crippen LogP contribution in [0.4, 0.5) is 10.3 Å². The summed E-state index contributed by atoms with van der Waals surface area (Å²) in [5, 5.41) is 4.62. The van der Waals surface area contributed by atoms with Crippen molar-refractivity contribution in [1.29, 1.82) is 0 Å². The van der Waals surface area contributed by atoms with Gasteiger partial charge >= 0.3 is 0 Å². The number of fused-ring (bicyclic) bond motifs is 2. The molecule has 1 aliphatic rings. The number of carbonyl (C=O) groups excluding carboxylic acids is 1. The van der Waals surface area contributed by atoms with Gasteiger partial charge in [0.2, 0.25) is 5.91 Å². The van der Waals surface area contributed by atoms with Crippen molar-refractivity contribution in [2.24, 2.45) is 5.92 Å². The number of aromatic nitrogens is 2. The van der Waals surface area contributed by atoms with Crippen molar-refractivity contribution in [1.82, 2.24) is 9.97 Å². The molecule has 1 amide bonds. The Morgan fingerprint density at radius 3 is 2.28 bits per heavy atom. The van der Waals surface area contributed by atoms with Crippen molar-refractivity contribution in [2.45, 2.75) is 0 Å². The highest BCUT2D eigenvalue weighted by atomic mass is 32.1. The molecule has 1 aliphatic heterocycles. The number of nitrogens with one attached hydrogen (secondary N) is 1. The molecule has 3 heterocycles. The minimum absolute atomic E-state index is 0.0148. The lowest BCUT2D eigenvalue weighted by Crippen LogP contribution is -2.52. The third-order valence-electron chi connectivity index (χ3n) is 4.33. The van der Waals surface area contributed by atoms with E-state index in [1.165, 1.54) is 16.0 Å². The van der Waals surface area contributed by atoms with Crippen LogP contribution in [0.1, 0.15) is 0 Å². The Balaban J connectivity index is 1.25. The molecule has 0 unspecified atom stereocenters. The van der Waals surface area contributed by atoms with Crippen molar-refractivity contribution in [3.05, 3.63) is 48.5 Å². The fourth-order valence-corrected chi connectivity index (χ4v) is 4.78. The van der Waals surface area contributed by atoms with Gasteiger partial charge in [0.05, 0.1) is 26.4 Å². The first-order valence-corrected chi connectivity index (χ1v) is 9.66. The summed E-state index contributed by atoms with van der Waals surface area (Å²) in [5.74, 6) is 0.0236. The molecule has 0 bridgehead atoms. The predicted octanol–water partition coefficient (Wildman–Crippen LogP) is 3.98. The second-order valence-electron chi connectivity index (χ2n) is 6.04. The van der Waals surface area contributed by atoms with Gasteiger partial charge in [-0.05, 0) is 24.3 Å². The summed E-state index contributed by atoms with van der Waals surface area (Å²) in [4.78, 5) is 23.7. The molecule has 1 N–H and O–H groups in total. The molecule has 7 heteroatoms. The third kappa shape index (κ3) is 2.65. The molecule has 1 saturated heterocycles. The van der Waals surface area contributed by atoms with E-state index in [0.717, 1.165) is 20.9 Å². The number of amides is 1. The van der Waals surface area contributed by atoms with Crippen LogP contribution >= 0.6 is 22.7 Å². The van der Waals surface area contributed by atoms with Crippen LogP contribution in [0.2, 0.25) is 0 Å². The van der Waals surface area contributed by atoms with Crippen LogP contribution in [0, 0.1) is 5.92 Å². The number of anilines is 2. The Bertz CT molecular complexity index is 1010. The van der Waals surface area contributed by atoms with Gasteiger partial charge in [0.1, 0.15) is 0 Å². The maximum Gasteiger partial charge on any atom is 0.232 e. The normalized spacial score (nSPS) is 14.8. The van der Waals surface area contributed by atoms with Gasteiger partial charge in [-0.3, -0.25) is 4.79 Å². The van der Waals surface area contributed by atoms with Crippen LogP contribution < -0.4 is 10.2 Å². The van der Waals surface area contributed by atoms with Gasteiger partial charge in [0, 0.05) is 13.1 Å². The largest absolute Gasteiger partial charge is 0.346 e. The SMILES string of the molecule is O=C(Nc1nc2ccccc2s1)C1CN(c2nc3ccccc3s2)C1. The molecule has 0 aliphatic carbocycles. The van der Waals surface area contributed by atoms with E-state index in [9.17, 15) is 4.79 Å². The molecule has 0 atom stereocenters. The Morgan fingerprint density at radius 1 is 0.960 bits per heavy atom. The minimum Gasteiger partial charge on any atom is -0.346 e. The topological polar surface area (TPSA) is 58.1 Å². The van der Waals surface area contributed by atoms with Crippen LogP contribution in [0.5, 0.6) is 0 Å². The highest BCUT2D eigenvalue weighted by molar-refractivity contribution is 7.22. The Hall–Kier alpha value is -2.51. The standard InChI is InChI=1S/C18H14N4OS2/c23-16(21-17-19-12-5-1-3-7-14(12)24-17)11-9-22(10-11)18-20-13-6-2-4-8-15(13)25-18/h1-8,11H,9-10H2,(H,19,21,23). The summed E-state index contributed by atoms with van der Waals surface area (Å²) in [7, 11) is 0. The molecule has 5 rings (SSSR count). The van der Waals surface area contributed by atoms with Crippen molar-refractivity contribution in [3.8, 4) is 0 Å². The average molecular weight is 366 g/mol. The second kappa shape index (κ2) is 5.79. The Labute approximate surface area is 151 Å². The number of hydrogen-bond acceptors (Lipinski definition) is 6. The van der Waals surface area contributed by atoms with Crippen LogP contribution in [-0.4, -0.2) is 29.0 Å². The van der Waals surface area contributed by atoms with E-state index in [1.807, 2.05) is 42.5 Å². The lowest BCUT2D eigenvalue weighted by Gasteiger charge is -2.37. The van der Waals surface area contributed by atoms with E-state index < -0.39 is 0 Å². The maximum atomic E-state index is 12.4. The summed E-state index contributed by atoms with van der Waals surface area (Å²) in [5.41, 5.74) is 1.94. The molecule has 1 fully saturated rings. The summed E-state index contributed by atoms with van der Waals surface area (Å²) < 4.78 is 2.27. The Morgan fingerprint density at radius 2 is 1.60 bits per heavy atom. The van der Waals surface area contributed by atoms with Crippen molar-refractivity contribution in [3.63, 3.8) is 0 Å². The first-order valence-electron chi connectivity index (χ1n) is 8.03. The van der Waals surface area contributed by atoms with Crippen molar-refractivity contribution >= 4 is 59.3 Å². The smallest absolute Gasteiger partial charge is 0.232 e. The fourth-order valence-electron chi connectivity index (χ4n) is 2.93.